The van der Waals surface area contributed by atoms with E-state index in [1.165, 1.54) is 0 Å². The van der Waals surface area contributed by atoms with E-state index in [1.54, 1.807) is 17.7 Å². The van der Waals surface area contributed by atoms with Gasteiger partial charge in [-0.1, -0.05) is 30.3 Å². The van der Waals surface area contributed by atoms with Crippen molar-refractivity contribution in [2.45, 2.75) is 25.6 Å². The van der Waals surface area contributed by atoms with Gasteiger partial charge in [-0.2, -0.15) is 13.5 Å². The number of anilines is 1. The Morgan fingerprint density at radius 3 is 2.68 bits per heavy atom. The maximum absolute atomic E-state index is 13.5. The molecule has 8 nitrogen and oxygen atoms in total. The molecule has 4 heterocycles. The Morgan fingerprint density at radius 2 is 1.94 bits per heavy atom. The second-order valence-electron chi connectivity index (χ2n) is 8.98. The number of nitrogens with one attached hydrogen (secondary N) is 2. The molecule has 0 fully saturated rings. The van der Waals surface area contributed by atoms with E-state index in [1.807, 2.05) is 65.7 Å². The molecule has 10 heteroatoms. The molecule has 0 spiro atoms. The second kappa shape index (κ2) is 9.36. The summed E-state index contributed by atoms with van der Waals surface area (Å²) in [5, 5.41) is 8.62. The van der Waals surface area contributed by atoms with Gasteiger partial charge in [0.15, 0.2) is 5.82 Å². The molecule has 34 heavy (non-hydrogen) atoms. The maximum atomic E-state index is 13.5. The van der Waals surface area contributed by atoms with Crippen LogP contribution >= 0.6 is 24.8 Å². The monoisotopic (exact) mass is 495 g/mol. The third kappa shape index (κ3) is 4.17. The number of hydrogen-bond acceptors (Lipinski definition) is 7. The second-order valence-corrected chi connectivity index (χ2v) is 9.89. The standard InChI is InChI=1S/C24H27N7OS.H2S/c1-24(2)17-12-25-20(28-21-19-18(10-11-33-19)26-14-27-21)16(17)13-31(24)23(32)29-22(30(3)4)15-8-6-5-7-9-15;/h5-11,14,22H,12-13H2,1-4H3,(H,29,32)(H,25,26,27,28);1H2/t22-;/m1./s1. The van der Waals surface area contributed by atoms with Gasteiger partial charge in [0, 0.05) is 5.57 Å². The van der Waals surface area contributed by atoms with Crippen LogP contribution in [0.3, 0.4) is 0 Å². The highest BCUT2D eigenvalue weighted by Crippen LogP contribution is 2.39. The summed E-state index contributed by atoms with van der Waals surface area (Å²) in [4.78, 5) is 30.8. The minimum Gasteiger partial charge on any atom is -0.324 e. The van der Waals surface area contributed by atoms with Crippen molar-refractivity contribution in [2.24, 2.45) is 4.99 Å². The van der Waals surface area contributed by atoms with Gasteiger partial charge in [-0.15, -0.1) is 11.3 Å². The van der Waals surface area contributed by atoms with E-state index in [2.05, 4.69) is 34.4 Å². The number of benzene rings is 1. The van der Waals surface area contributed by atoms with E-state index in [-0.39, 0.29) is 25.7 Å². The number of amides is 2. The summed E-state index contributed by atoms with van der Waals surface area (Å²) in [5.74, 6) is 1.54. The van der Waals surface area contributed by atoms with Gasteiger partial charge in [0.2, 0.25) is 0 Å². The topological polar surface area (TPSA) is 85.8 Å². The molecular formula is C24H29N7OS2. The predicted octanol–water partition coefficient (Wildman–Crippen LogP) is 3.99. The van der Waals surface area contributed by atoms with Gasteiger partial charge in [0.1, 0.15) is 18.3 Å². The van der Waals surface area contributed by atoms with Gasteiger partial charge in [-0.3, -0.25) is 9.89 Å². The van der Waals surface area contributed by atoms with Crippen LogP contribution in [-0.4, -0.2) is 64.4 Å². The van der Waals surface area contributed by atoms with Crippen LogP contribution in [0.5, 0.6) is 0 Å². The van der Waals surface area contributed by atoms with Crippen molar-refractivity contribution in [3.05, 3.63) is 64.8 Å². The Labute approximate surface area is 210 Å². The zero-order valence-electron chi connectivity index (χ0n) is 19.7. The number of aliphatic imine (C=N–C) groups is 1. The fraction of sp³-hybridized carbons (Fsp3) is 0.333. The van der Waals surface area contributed by atoms with Crippen molar-refractivity contribution in [1.29, 1.82) is 0 Å². The zero-order valence-corrected chi connectivity index (χ0v) is 21.5. The lowest BCUT2D eigenvalue weighted by Gasteiger charge is -2.36. The Balaban J connectivity index is 0.00000274. The minimum absolute atomic E-state index is 0. The van der Waals surface area contributed by atoms with Crippen molar-refractivity contribution in [3.63, 3.8) is 0 Å². The first kappa shape index (κ1) is 24.2. The molecule has 2 aromatic heterocycles. The van der Waals surface area contributed by atoms with Crippen LogP contribution in [0.1, 0.15) is 25.6 Å². The number of urea groups is 1. The number of carbonyl (C=O) groups is 1. The summed E-state index contributed by atoms with van der Waals surface area (Å²) in [6.45, 7) is 5.24. The molecule has 0 radical (unpaired) electrons. The SMILES string of the molecule is CN(C)[C@@H](NC(=O)N1CC2=C(CN=C2Nc2ncnc3ccsc23)C1(C)C)c1ccccc1.S. The Morgan fingerprint density at radius 1 is 1.18 bits per heavy atom. The molecular weight excluding hydrogens is 466 g/mol. The van der Waals surface area contributed by atoms with Crippen LogP contribution in [0.2, 0.25) is 0 Å². The molecule has 5 rings (SSSR count). The van der Waals surface area contributed by atoms with Crippen molar-refractivity contribution in [1.82, 2.24) is 25.1 Å². The van der Waals surface area contributed by atoms with Crippen LogP contribution < -0.4 is 10.6 Å². The molecule has 0 bridgehead atoms. The molecule has 2 amide bonds. The van der Waals surface area contributed by atoms with E-state index in [0.29, 0.717) is 13.1 Å². The molecule has 1 atom stereocenters. The minimum atomic E-state index is -0.441. The highest BCUT2D eigenvalue weighted by atomic mass is 32.1. The Hall–Kier alpha value is -2.95. The number of thiophene rings is 1. The molecule has 0 aliphatic carbocycles. The van der Waals surface area contributed by atoms with Gasteiger partial charge in [0.25, 0.3) is 0 Å². The summed E-state index contributed by atoms with van der Waals surface area (Å²) in [5.41, 5.74) is 3.75. The lowest BCUT2D eigenvalue weighted by atomic mass is 9.94. The number of rotatable bonds is 4. The maximum Gasteiger partial charge on any atom is 0.319 e. The summed E-state index contributed by atoms with van der Waals surface area (Å²) in [6.07, 6.45) is 1.34. The molecule has 0 saturated heterocycles. The molecule has 178 valence electrons. The first-order chi connectivity index (χ1) is 15.9. The molecule has 2 aliphatic rings. The van der Waals surface area contributed by atoms with Crippen LogP contribution in [0, 0.1) is 0 Å². The first-order valence-electron chi connectivity index (χ1n) is 10.9. The number of nitrogens with zero attached hydrogens (tertiary/aromatic N) is 5. The summed E-state index contributed by atoms with van der Waals surface area (Å²) < 4.78 is 0.998. The smallest absolute Gasteiger partial charge is 0.319 e. The Kier molecular flexibility index (Phi) is 6.66. The summed E-state index contributed by atoms with van der Waals surface area (Å²) in [7, 11) is 3.93. The lowest BCUT2D eigenvalue weighted by Crippen LogP contribution is -2.52. The van der Waals surface area contributed by atoms with E-state index < -0.39 is 5.54 Å². The van der Waals surface area contributed by atoms with E-state index in [4.69, 9.17) is 4.99 Å². The molecule has 0 unspecified atom stereocenters. The largest absolute Gasteiger partial charge is 0.324 e. The highest BCUT2D eigenvalue weighted by molar-refractivity contribution is 7.59. The highest BCUT2D eigenvalue weighted by Gasteiger charge is 2.45. The molecule has 2 aliphatic heterocycles. The fourth-order valence-corrected chi connectivity index (χ4v) is 5.30. The Bertz CT molecular complexity index is 1270. The third-order valence-corrected chi connectivity index (χ3v) is 7.30. The van der Waals surface area contributed by atoms with Crippen molar-refractivity contribution >= 4 is 52.7 Å². The zero-order chi connectivity index (χ0) is 23.2. The average molecular weight is 496 g/mol. The molecule has 0 saturated carbocycles. The fourth-order valence-electron chi connectivity index (χ4n) is 4.52. The average Bonchev–Trinajstić information content (AvgIpc) is 3.49. The van der Waals surface area contributed by atoms with E-state index >= 15 is 0 Å². The van der Waals surface area contributed by atoms with Crippen LogP contribution in [0.15, 0.2) is 64.2 Å². The number of aromatic nitrogens is 2. The molecule has 1 aromatic carbocycles. The molecule has 2 N–H and O–H groups in total. The van der Waals surface area contributed by atoms with E-state index in [9.17, 15) is 4.79 Å². The third-order valence-electron chi connectivity index (χ3n) is 6.39. The predicted molar refractivity (Wildman–Crippen MR) is 143 cm³/mol. The van der Waals surface area contributed by atoms with Gasteiger partial charge in [-0.05, 0) is 50.5 Å². The summed E-state index contributed by atoms with van der Waals surface area (Å²) in [6, 6.07) is 11.9. The number of carbonyl (C=O) groups excluding carboxylic acids is 1. The molecule has 3 aromatic rings. The van der Waals surface area contributed by atoms with Gasteiger partial charge in [-0.25, -0.2) is 14.8 Å². The normalized spacial score (nSPS) is 17.4. The van der Waals surface area contributed by atoms with Crippen molar-refractivity contribution in [2.75, 3.05) is 32.5 Å². The van der Waals surface area contributed by atoms with Crippen molar-refractivity contribution in [3.8, 4) is 0 Å². The number of hydrogen-bond donors (Lipinski definition) is 2. The van der Waals surface area contributed by atoms with Gasteiger partial charge < -0.3 is 15.5 Å². The number of fused-ring (bicyclic) bond motifs is 1. The number of amidine groups is 1. The van der Waals surface area contributed by atoms with Crippen molar-refractivity contribution < 1.29 is 4.79 Å². The van der Waals surface area contributed by atoms with Gasteiger partial charge in [0.05, 0.1) is 28.8 Å². The van der Waals surface area contributed by atoms with Crippen LogP contribution in [0.4, 0.5) is 10.6 Å². The lowest BCUT2D eigenvalue weighted by molar-refractivity contribution is 0.152. The van der Waals surface area contributed by atoms with Gasteiger partial charge >= 0.3 is 6.03 Å². The quantitative estimate of drug-likeness (QED) is 0.535. The van der Waals surface area contributed by atoms with Crippen LogP contribution in [-0.2, 0) is 0 Å². The first-order valence-corrected chi connectivity index (χ1v) is 11.8. The van der Waals surface area contributed by atoms with E-state index in [0.717, 1.165) is 38.6 Å². The van der Waals surface area contributed by atoms with Crippen LogP contribution in [0.25, 0.3) is 10.2 Å². The summed E-state index contributed by atoms with van der Waals surface area (Å²) >= 11 is 1.60.